The van der Waals surface area contributed by atoms with E-state index in [-0.39, 0.29) is 0 Å². The van der Waals surface area contributed by atoms with E-state index in [0.29, 0.717) is 12.6 Å². The van der Waals surface area contributed by atoms with Crippen molar-refractivity contribution in [2.45, 2.75) is 38.3 Å². The number of nitrogens with zero attached hydrogens (tertiary/aromatic N) is 3. The van der Waals surface area contributed by atoms with E-state index in [0.717, 1.165) is 42.7 Å². The first-order valence-electron chi connectivity index (χ1n) is 7.54. The number of rotatable bonds is 4. The summed E-state index contributed by atoms with van der Waals surface area (Å²) in [5.41, 5.74) is 0.336. The molecule has 0 amide bonds. The Hall–Kier alpha value is -1.66. The Bertz CT molecular complexity index is 610. The molecule has 6 heteroatoms. The first-order valence-corrected chi connectivity index (χ1v) is 7.54. The van der Waals surface area contributed by atoms with E-state index >= 15 is 0 Å². The second kappa shape index (κ2) is 5.61. The van der Waals surface area contributed by atoms with Gasteiger partial charge < -0.3 is 15.7 Å². The lowest BCUT2D eigenvalue weighted by atomic mass is 10.1. The van der Waals surface area contributed by atoms with Crippen LogP contribution in [0.1, 0.15) is 32.7 Å². The third-order valence-electron chi connectivity index (χ3n) is 3.85. The van der Waals surface area contributed by atoms with Crippen molar-refractivity contribution >= 4 is 16.7 Å². The number of piperidine rings is 1. The minimum atomic E-state index is -0.771. The zero-order valence-corrected chi connectivity index (χ0v) is 12.6. The lowest BCUT2D eigenvalue weighted by Crippen LogP contribution is -2.30. The van der Waals surface area contributed by atoms with Crippen LogP contribution in [0, 0.1) is 0 Å². The second-order valence-corrected chi connectivity index (χ2v) is 6.33. The van der Waals surface area contributed by atoms with Crippen LogP contribution in [-0.4, -0.2) is 45.1 Å². The van der Waals surface area contributed by atoms with Gasteiger partial charge in [0.05, 0.1) is 22.5 Å². The summed E-state index contributed by atoms with van der Waals surface area (Å²) in [7, 11) is 0. The van der Waals surface area contributed by atoms with Crippen molar-refractivity contribution in [3.63, 3.8) is 0 Å². The number of hydrogen-bond donors (Lipinski definition) is 3. The molecule has 0 unspecified atom stereocenters. The van der Waals surface area contributed by atoms with E-state index in [4.69, 9.17) is 5.10 Å². The van der Waals surface area contributed by atoms with Gasteiger partial charge >= 0.3 is 0 Å². The molecule has 0 radical (unpaired) electrons. The molecule has 3 N–H and O–H groups in total. The van der Waals surface area contributed by atoms with Gasteiger partial charge in [-0.1, -0.05) is 0 Å². The van der Waals surface area contributed by atoms with E-state index in [1.807, 2.05) is 12.3 Å². The molecule has 3 heterocycles. The number of aromatic nitrogens is 3. The van der Waals surface area contributed by atoms with E-state index < -0.39 is 5.60 Å². The molecule has 2 aromatic heterocycles. The van der Waals surface area contributed by atoms with Gasteiger partial charge in [-0.05, 0) is 45.8 Å². The molecule has 0 aromatic carbocycles. The minimum Gasteiger partial charge on any atom is -0.389 e. The molecule has 114 valence electrons. The maximum Gasteiger partial charge on any atom is 0.157 e. The van der Waals surface area contributed by atoms with Crippen LogP contribution in [0.3, 0.4) is 0 Å². The van der Waals surface area contributed by atoms with Crippen molar-refractivity contribution in [1.82, 2.24) is 20.1 Å². The number of hydrogen-bond acceptors (Lipinski definition) is 5. The monoisotopic (exact) mass is 289 g/mol. The van der Waals surface area contributed by atoms with E-state index in [1.165, 1.54) is 0 Å². The van der Waals surface area contributed by atoms with Crippen molar-refractivity contribution in [3.05, 3.63) is 18.5 Å². The molecule has 0 spiro atoms. The summed E-state index contributed by atoms with van der Waals surface area (Å²) in [6, 6.07) is 2.44. The van der Waals surface area contributed by atoms with Crippen molar-refractivity contribution in [2.75, 3.05) is 25.0 Å². The molecule has 2 aromatic rings. The molecule has 0 bridgehead atoms. The summed E-state index contributed by atoms with van der Waals surface area (Å²) in [5.74, 6) is 0.804. The average Bonchev–Trinajstić information content (AvgIpc) is 2.84. The standard InChI is InChI=1S/C15H23N5O/c1-15(2,21)10-18-14-12-9-17-8-5-13(12)20(19-14)11-3-6-16-7-4-11/h5,8-9,11,16,21H,3-4,6-7,10H2,1-2H3,(H,18,19). The van der Waals surface area contributed by atoms with Crippen molar-refractivity contribution in [3.8, 4) is 0 Å². The fraction of sp³-hybridized carbons (Fsp3) is 0.600. The molecular weight excluding hydrogens is 266 g/mol. The zero-order valence-electron chi connectivity index (χ0n) is 12.6. The Balaban J connectivity index is 1.93. The predicted molar refractivity (Wildman–Crippen MR) is 83.5 cm³/mol. The number of fused-ring (bicyclic) bond motifs is 1. The molecule has 3 rings (SSSR count). The Morgan fingerprint density at radius 2 is 2.19 bits per heavy atom. The van der Waals surface area contributed by atoms with Crippen LogP contribution < -0.4 is 10.6 Å². The summed E-state index contributed by atoms with van der Waals surface area (Å²) in [5, 5.41) is 22.3. The second-order valence-electron chi connectivity index (χ2n) is 6.33. The number of nitrogens with one attached hydrogen (secondary N) is 2. The largest absolute Gasteiger partial charge is 0.389 e. The highest BCUT2D eigenvalue weighted by Gasteiger charge is 2.21. The maximum atomic E-state index is 9.89. The fourth-order valence-corrected chi connectivity index (χ4v) is 2.75. The first kappa shape index (κ1) is 14.3. The normalized spacial score (nSPS) is 17.3. The number of anilines is 1. The maximum absolute atomic E-state index is 9.89. The van der Waals surface area contributed by atoms with Crippen LogP contribution in [0.15, 0.2) is 18.5 Å². The van der Waals surface area contributed by atoms with Gasteiger partial charge in [0, 0.05) is 18.9 Å². The fourth-order valence-electron chi connectivity index (χ4n) is 2.75. The molecule has 0 saturated carbocycles. The van der Waals surface area contributed by atoms with Crippen LogP contribution in [0.25, 0.3) is 10.9 Å². The quantitative estimate of drug-likeness (QED) is 0.796. The molecule has 1 aliphatic rings. The average molecular weight is 289 g/mol. The van der Waals surface area contributed by atoms with Gasteiger partial charge in [0.2, 0.25) is 0 Å². The highest BCUT2D eigenvalue weighted by atomic mass is 16.3. The van der Waals surface area contributed by atoms with Crippen molar-refractivity contribution in [1.29, 1.82) is 0 Å². The number of pyridine rings is 1. The van der Waals surface area contributed by atoms with Crippen molar-refractivity contribution < 1.29 is 5.11 Å². The third kappa shape index (κ3) is 3.16. The molecule has 1 fully saturated rings. The van der Waals surface area contributed by atoms with Crippen LogP contribution in [-0.2, 0) is 0 Å². The van der Waals surface area contributed by atoms with Crippen LogP contribution in [0.4, 0.5) is 5.82 Å². The van der Waals surface area contributed by atoms with Crippen LogP contribution in [0.2, 0.25) is 0 Å². The number of aliphatic hydroxyl groups is 1. The summed E-state index contributed by atoms with van der Waals surface area (Å²) in [6.45, 7) is 6.09. The smallest absolute Gasteiger partial charge is 0.157 e. The molecule has 6 nitrogen and oxygen atoms in total. The van der Waals surface area contributed by atoms with Crippen LogP contribution in [0.5, 0.6) is 0 Å². The highest BCUT2D eigenvalue weighted by molar-refractivity contribution is 5.89. The Morgan fingerprint density at radius 1 is 1.43 bits per heavy atom. The molecular formula is C15H23N5O. The van der Waals surface area contributed by atoms with Gasteiger partial charge in [-0.25, -0.2) is 0 Å². The lowest BCUT2D eigenvalue weighted by Gasteiger charge is -2.23. The Labute approximate surface area is 124 Å². The Kier molecular flexibility index (Phi) is 3.82. The third-order valence-corrected chi connectivity index (χ3v) is 3.85. The van der Waals surface area contributed by atoms with Gasteiger partial charge in [-0.3, -0.25) is 9.67 Å². The molecule has 1 saturated heterocycles. The predicted octanol–water partition coefficient (Wildman–Crippen LogP) is 1.54. The summed E-state index contributed by atoms with van der Waals surface area (Å²) >= 11 is 0. The summed E-state index contributed by atoms with van der Waals surface area (Å²) in [6.07, 6.45) is 5.82. The SMILES string of the molecule is CC(C)(O)CNc1nn(C2CCNCC2)c2ccncc12. The molecule has 0 atom stereocenters. The minimum absolute atomic E-state index is 0.425. The van der Waals surface area contributed by atoms with Crippen molar-refractivity contribution in [2.24, 2.45) is 0 Å². The van der Waals surface area contributed by atoms with E-state index in [1.54, 1.807) is 20.0 Å². The van der Waals surface area contributed by atoms with E-state index in [2.05, 4.69) is 20.3 Å². The first-order chi connectivity index (χ1) is 10.0. The van der Waals surface area contributed by atoms with Gasteiger partial charge in [-0.15, -0.1) is 0 Å². The lowest BCUT2D eigenvalue weighted by molar-refractivity contribution is 0.0944. The Morgan fingerprint density at radius 3 is 2.90 bits per heavy atom. The zero-order chi connectivity index (χ0) is 14.9. The summed E-state index contributed by atoms with van der Waals surface area (Å²) < 4.78 is 2.12. The van der Waals surface area contributed by atoms with E-state index in [9.17, 15) is 5.11 Å². The summed E-state index contributed by atoms with van der Waals surface area (Å²) in [4.78, 5) is 4.21. The molecule has 1 aliphatic heterocycles. The van der Waals surface area contributed by atoms with Gasteiger partial charge in [0.25, 0.3) is 0 Å². The molecule has 21 heavy (non-hydrogen) atoms. The van der Waals surface area contributed by atoms with Gasteiger partial charge in [-0.2, -0.15) is 5.10 Å². The van der Waals surface area contributed by atoms with Crippen LogP contribution >= 0.6 is 0 Å². The molecule has 0 aliphatic carbocycles. The van der Waals surface area contributed by atoms with Gasteiger partial charge in [0.15, 0.2) is 5.82 Å². The van der Waals surface area contributed by atoms with Gasteiger partial charge in [0.1, 0.15) is 0 Å². The highest BCUT2D eigenvalue weighted by Crippen LogP contribution is 2.28. The topological polar surface area (TPSA) is 75.0 Å².